The number of aromatic nitrogens is 2. The van der Waals surface area contributed by atoms with Crippen molar-refractivity contribution in [3.05, 3.63) is 78.6 Å². The van der Waals surface area contributed by atoms with Gasteiger partial charge >= 0.3 is 0 Å². The van der Waals surface area contributed by atoms with Crippen LogP contribution < -0.4 is 5.73 Å². The van der Waals surface area contributed by atoms with Crippen molar-refractivity contribution < 1.29 is 9.90 Å². The van der Waals surface area contributed by atoms with E-state index in [1.807, 2.05) is 48.5 Å². The summed E-state index contributed by atoms with van der Waals surface area (Å²) in [6.45, 7) is 0. The van der Waals surface area contributed by atoms with Crippen LogP contribution in [0.2, 0.25) is 0 Å². The lowest BCUT2D eigenvalue weighted by Crippen LogP contribution is -2.12. The molecule has 0 saturated heterocycles. The summed E-state index contributed by atoms with van der Waals surface area (Å²) < 4.78 is 0. The van der Waals surface area contributed by atoms with Crippen molar-refractivity contribution in [2.45, 2.75) is 0 Å². The lowest BCUT2D eigenvalue weighted by Gasteiger charge is -2.12. The summed E-state index contributed by atoms with van der Waals surface area (Å²) >= 11 is 0. The van der Waals surface area contributed by atoms with Crippen molar-refractivity contribution in [2.24, 2.45) is 5.73 Å². The first-order valence-corrected chi connectivity index (χ1v) is 8.07. The maximum absolute atomic E-state index is 11.4. The highest BCUT2D eigenvalue weighted by Crippen LogP contribution is 2.33. The maximum Gasteiger partial charge on any atom is 0.267 e. The zero-order chi connectivity index (χ0) is 18.1. The maximum atomic E-state index is 11.4. The van der Waals surface area contributed by atoms with Crippen LogP contribution in [0.3, 0.4) is 0 Å². The number of hydrogen-bond acceptors (Lipinski definition) is 4. The molecule has 0 fully saturated rings. The fourth-order valence-corrected chi connectivity index (χ4v) is 2.88. The minimum absolute atomic E-state index is 0.175. The summed E-state index contributed by atoms with van der Waals surface area (Å²) in [6, 6.07) is 20.4. The quantitative estimate of drug-likeness (QED) is 0.593. The summed E-state index contributed by atoms with van der Waals surface area (Å²) in [5, 5.41) is 10.4. The first-order chi connectivity index (χ1) is 12.6. The molecular weight excluding hydrogens is 326 g/mol. The predicted molar refractivity (Wildman–Crippen MR) is 101 cm³/mol. The smallest absolute Gasteiger partial charge is 0.267 e. The van der Waals surface area contributed by atoms with E-state index in [0.29, 0.717) is 5.52 Å². The van der Waals surface area contributed by atoms with E-state index in [0.717, 1.165) is 27.8 Å². The first kappa shape index (κ1) is 15.8. The molecule has 4 rings (SSSR count). The number of phenolic OH excluding ortho intramolecular Hbond substituents is 1. The molecule has 5 nitrogen and oxygen atoms in total. The molecule has 3 N–H and O–H groups in total. The van der Waals surface area contributed by atoms with Crippen LogP contribution in [0.4, 0.5) is 0 Å². The number of phenols is 1. The molecule has 0 atom stereocenters. The molecule has 4 aromatic rings. The van der Waals surface area contributed by atoms with Gasteiger partial charge < -0.3 is 10.8 Å². The van der Waals surface area contributed by atoms with Crippen LogP contribution >= 0.6 is 0 Å². The average molecular weight is 341 g/mol. The van der Waals surface area contributed by atoms with E-state index in [9.17, 15) is 9.90 Å². The molecule has 0 radical (unpaired) electrons. The van der Waals surface area contributed by atoms with Crippen LogP contribution in [0, 0.1) is 0 Å². The first-order valence-electron chi connectivity index (χ1n) is 8.07. The second-order valence-corrected chi connectivity index (χ2v) is 5.92. The molecule has 0 aliphatic heterocycles. The fraction of sp³-hybridized carbons (Fsp3) is 0. The summed E-state index contributed by atoms with van der Waals surface area (Å²) in [5.74, 6) is -0.400. The molecule has 0 spiro atoms. The van der Waals surface area contributed by atoms with Gasteiger partial charge in [0.05, 0.1) is 11.2 Å². The molecule has 2 aromatic carbocycles. The van der Waals surface area contributed by atoms with Gasteiger partial charge in [-0.25, -0.2) is 4.98 Å². The molecule has 26 heavy (non-hydrogen) atoms. The predicted octanol–water partition coefficient (Wildman–Crippen LogP) is 3.77. The zero-order valence-electron chi connectivity index (χ0n) is 13.8. The topological polar surface area (TPSA) is 89.1 Å². The Bertz CT molecular complexity index is 1110. The van der Waals surface area contributed by atoms with Gasteiger partial charge in [0, 0.05) is 22.7 Å². The number of benzene rings is 2. The van der Waals surface area contributed by atoms with E-state index >= 15 is 0 Å². The van der Waals surface area contributed by atoms with E-state index in [2.05, 4.69) is 4.98 Å². The molecule has 0 saturated carbocycles. The van der Waals surface area contributed by atoms with Gasteiger partial charge in [0.2, 0.25) is 0 Å². The molecule has 0 bridgehead atoms. The van der Waals surface area contributed by atoms with Crippen molar-refractivity contribution in [3.8, 4) is 28.1 Å². The second-order valence-electron chi connectivity index (χ2n) is 5.92. The minimum Gasteiger partial charge on any atom is -0.508 e. The molecule has 5 heteroatoms. The number of nitrogens with zero attached hydrogens (tertiary/aromatic N) is 2. The lowest BCUT2D eigenvalue weighted by molar-refractivity contribution is 0.0995. The van der Waals surface area contributed by atoms with Crippen LogP contribution in [0.1, 0.15) is 10.5 Å². The Kier molecular flexibility index (Phi) is 3.82. The average Bonchev–Trinajstić information content (AvgIpc) is 2.68. The standard InChI is InChI=1S/C21H15N3O2/c22-21(26)19-11-18-15(12-23-19)10-17(13-4-2-1-3-5-13)20(24-18)14-6-8-16(25)9-7-14/h1-12,25H,(H2,22,26). The van der Waals surface area contributed by atoms with Crippen molar-refractivity contribution in [1.82, 2.24) is 9.97 Å². The number of primary amides is 1. The van der Waals surface area contributed by atoms with Gasteiger partial charge in [-0.3, -0.25) is 9.78 Å². The van der Waals surface area contributed by atoms with Crippen molar-refractivity contribution >= 4 is 16.8 Å². The number of hydrogen-bond donors (Lipinski definition) is 2. The van der Waals surface area contributed by atoms with E-state index in [1.54, 1.807) is 24.4 Å². The van der Waals surface area contributed by atoms with Crippen molar-refractivity contribution in [2.75, 3.05) is 0 Å². The van der Waals surface area contributed by atoms with Crippen LogP contribution in [0.15, 0.2) is 72.9 Å². The summed E-state index contributed by atoms with van der Waals surface area (Å²) in [7, 11) is 0. The highest BCUT2D eigenvalue weighted by molar-refractivity contribution is 5.96. The van der Waals surface area contributed by atoms with Gasteiger partial charge in [-0.1, -0.05) is 30.3 Å². The lowest BCUT2D eigenvalue weighted by atomic mass is 9.97. The molecule has 0 aliphatic carbocycles. The molecular formula is C21H15N3O2. The third-order valence-corrected chi connectivity index (χ3v) is 4.18. The normalized spacial score (nSPS) is 10.8. The largest absolute Gasteiger partial charge is 0.508 e. The molecule has 0 aliphatic rings. The third kappa shape index (κ3) is 2.86. The third-order valence-electron chi connectivity index (χ3n) is 4.18. The molecule has 2 aromatic heterocycles. The van der Waals surface area contributed by atoms with Crippen molar-refractivity contribution in [1.29, 1.82) is 0 Å². The highest BCUT2D eigenvalue weighted by atomic mass is 16.3. The summed E-state index contributed by atoms with van der Waals surface area (Å²) in [4.78, 5) is 20.3. The number of aromatic hydroxyl groups is 1. The van der Waals surface area contributed by atoms with Gasteiger partial charge in [0.1, 0.15) is 11.4 Å². The molecule has 1 amide bonds. The van der Waals surface area contributed by atoms with Crippen molar-refractivity contribution in [3.63, 3.8) is 0 Å². The van der Waals surface area contributed by atoms with E-state index in [4.69, 9.17) is 10.7 Å². The van der Waals surface area contributed by atoms with Crippen LogP contribution in [0.5, 0.6) is 5.75 Å². The Balaban J connectivity index is 2.01. The monoisotopic (exact) mass is 341 g/mol. The number of rotatable bonds is 3. The molecule has 0 unspecified atom stereocenters. The number of fused-ring (bicyclic) bond motifs is 1. The Hall–Kier alpha value is -3.73. The van der Waals surface area contributed by atoms with E-state index in [-0.39, 0.29) is 11.4 Å². The van der Waals surface area contributed by atoms with E-state index < -0.39 is 5.91 Å². The van der Waals surface area contributed by atoms with Crippen LogP contribution in [-0.2, 0) is 0 Å². The zero-order valence-corrected chi connectivity index (χ0v) is 13.8. The summed E-state index contributed by atoms with van der Waals surface area (Å²) in [5.41, 5.74) is 9.72. The Morgan fingerprint density at radius 1 is 0.923 bits per heavy atom. The Morgan fingerprint density at radius 2 is 1.65 bits per heavy atom. The Morgan fingerprint density at radius 3 is 2.35 bits per heavy atom. The SMILES string of the molecule is NC(=O)c1cc2nc(-c3ccc(O)cc3)c(-c3ccccc3)cc2cn1. The van der Waals surface area contributed by atoms with Gasteiger partial charge in [0.25, 0.3) is 5.91 Å². The van der Waals surface area contributed by atoms with Crippen LogP contribution in [0.25, 0.3) is 33.3 Å². The fourth-order valence-electron chi connectivity index (χ4n) is 2.88. The Labute approximate surface area is 149 Å². The number of pyridine rings is 2. The van der Waals surface area contributed by atoms with Gasteiger partial charge in [-0.05, 0) is 42.0 Å². The highest BCUT2D eigenvalue weighted by Gasteiger charge is 2.13. The minimum atomic E-state index is -0.591. The molecule has 2 heterocycles. The van der Waals surface area contributed by atoms with Gasteiger partial charge in [0.15, 0.2) is 0 Å². The number of carbonyl (C=O) groups excluding carboxylic acids is 1. The van der Waals surface area contributed by atoms with Gasteiger partial charge in [-0.2, -0.15) is 0 Å². The van der Waals surface area contributed by atoms with Gasteiger partial charge in [-0.15, -0.1) is 0 Å². The summed E-state index contributed by atoms with van der Waals surface area (Å²) in [6.07, 6.45) is 1.61. The molecule has 126 valence electrons. The second kappa shape index (κ2) is 6.29. The number of nitrogens with two attached hydrogens (primary N) is 1. The van der Waals surface area contributed by atoms with E-state index in [1.165, 1.54) is 0 Å². The number of amides is 1. The number of carbonyl (C=O) groups is 1. The van der Waals surface area contributed by atoms with Crippen LogP contribution in [-0.4, -0.2) is 21.0 Å².